The molecule has 0 aliphatic carbocycles. The van der Waals surface area contributed by atoms with Gasteiger partial charge in [-0.25, -0.2) is 0 Å². The summed E-state index contributed by atoms with van der Waals surface area (Å²) in [6, 6.07) is 4.99. The number of hydrogen-bond acceptors (Lipinski definition) is 2. The molecule has 0 spiro atoms. The molecule has 1 saturated heterocycles. The molecule has 1 fully saturated rings. The number of ether oxygens (including phenoxy) is 1. The summed E-state index contributed by atoms with van der Waals surface area (Å²) in [5.41, 5.74) is 4.11. The molecule has 0 radical (unpaired) electrons. The molecule has 16 heavy (non-hydrogen) atoms. The van der Waals surface area contributed by atoms with Crippen molar-refractivity contribution in [1.29, 1.82) is 0 Å². The highest BCUT2D eigenvalue weighted by Gasteiger charge is 2.48. The first-order chi connectivity index (χ1) is 7.41. The molecule has 3 nitrogen and oxygen atoms in total. The Labute approximate surface area is 89.0 Å². The van der Waals surface area contributed by atoms with Crippen LogP contribution in [-0.2, 0) is 15.7 Å². The average molecular weight is 231 g/mol. The first-order valence-electron chi connectivity index (χ1n) is 4.52. The van der Waals surface area contributed by atoms with Crippen molar-refractivity contribution < 1.29 is 22.7 Å². The lowest BCUT2D eigenvalue weighted by Crippen LogP contribution is -2.19. The SMILES string of the molecule is NC(=O)C1OC1c1ccccc1C(F)(F)F. The van der Waals surface area contributed by atoms with Crippen LogP contribution < -0.4 is 5.73 Å². The number of benzene rings is 1. The van der Waals surface area contributed by atoms with E-state index >= 15 is 0 Å². The van der Waals surface area contributed by atoms with Crippen LogP contribution in [0.1, 0.15) is 17.2 Å². The average Bonchev–Trinajstić information content (AvgIpc) is 2.95. The molecule has 1 aliphatic rings. The lowest BCUT2D eigenvalue weighted by atomic mass is 10.0. The number of carbonyl (C=O) groups is 1. The van der Waals surface area contributed by atoms with E-state index in [0.717, 1.165) is 6.07 Å². The molecular weight excluding hydrogens is 223 g/mol. The minimum Gasteiger partial charge on any atom is -0.367 e. The molecular formula is C10H8F3NO2. The lowest BCUT2D eigenvalue weighted by molar-refractivity contribution is -0.138. The first-order valence-corrected chi connectivity index (χ1v) is 4.52. The van der Waals surface area contributed by atoms with E-state index in [9.17, 15) is 18.0 Å². The van der Waals surface area contributed by atoms with Crippen LogP contribution in [-0.4, -0.2) is 12.0 Å². The van der Waals surface area contributed by atoms with Crippen LogP contribution in [0.15, 0.2) is 24.3 Å². The summed E-state index contributed by atoms with van der Waals surface area (Å²) in [6.07, 6.45) is -6.26. The zero-order valence-corrected chi connectivity index (χ0v) is 7.99. The van der Waals surface area contributed by atoms with Crippen LogP contribution in [0.2, 0.25) is 0 Å². The van der Waals surface area contributed by atoms with Gasteiger partial charge in [-0.05, 0) is 11.6 Å². The molecule has 0 bridgehead atoms. The van der Waals surface area contributed by atoms with Gasteiger partial charge < -0.3 is 10.5 Å². The van der Waals surface area contributed by atoms with Crippen molar-refractivity contribution in [3.63, 3.8) is 0 Å². The Bertz CT molecular complexity index is 430. The summed E-state index contributed by atoms with van der Waals surface area (Å²) in [7, 11) is 0. The summed E-state index contributed by atoms with van der Waals surface area (Å²) in [5.74, 6) is -0.748. The summed E-state index contributed by atoms with van der Waals surface area (Å²) < 4.78 is 42.6. The minimum absolute atomic E-state index is 0.0428. The van der Waals surface area contributed by atoms with Crippen molar-refractivity contribution in [2.24, 2.45) is 5.73 Å². The van der Waals surface area contributed by atoms with E-state index in [2.05, 4.69) is 0 Å². The molecule has 2 atom stereocenters. The van der Waals surface area contributed by atoms with Gasteiger partial charge in [-0.1, -0.05) is 18.2 Å². The fraction of sp³-hybridized carbons (Fsp3) is 0.300. The Morgan fingerprint density at radius 1 is 1.31 bits per heavy atom. The fourth-order valence-corrected chi connectivity index (χ4v) is 1.57. The third kappa shape index (κ3) is 1.88. The van der Waals surface area contributed by atoms with Gasteiger partial charge in [-0.15, -0.1) is 0 Å². The number of hydrogen-bond donors (Lipinski definition) is 1. The maximum absolute atomic E-state index is 12.6. The standard InChI is InChI=1S/C10H8F3NO2/c11-10(12,13)6-4-2-1-3-5(6)7-8(16-7)9(14)15/h1-4,7-8H,(H2,14,15). The number of carbonyl (C=O) groups excluding carboxylic acids is 1. The molecule has 1 heterocycles. The van der Waals surface area contributed by atoms with Gasteiger partial charge in [-0.3, -0.25) is 4.79 Å². The van der Waals surface area contributed by atoms with E-state index in [1.165, 1.54) is 18.2 Å². The van der Waals surface area contributed by atoms with Crippen LogP contribution in [0.3, 0.4) is 0 Å². The van der Waals surface area contributed by atoms with Gasteiger partial charge in [0.05, 0.1) is 5.56 Å². The predicted octanol–water partition coefficient (Wildman–Crippen LogP) is 1.63. The molecule has 2 rings (SSSR count). The molecule has 0 saturated carbocycles. The van der Waals surface area contributed by atoms with E-state index in [1.54, 1.807) is 0 Å². The molecule has 0 aromatic heterocycles. The van der Waals surface area contributed by atoms with E-state index in [0.29, 0.717) is 0 Å². The quantitative estimate of drug-likeness (QED) is 0.786. The van der Waals surface area contributed by atoms with Crippen molar-refractivity contribution >= 4 is 5.91 Å². The number of amides is 1. The second kappa shape index (κ2) is 3.48. The smallest absolute Gasteiger partial charge is 0.367 e. The molecule has 1 aliphatic heterocycles. The third-order valence-corrected chi connectivity index (χ3v) is 2.34. The summed E-state index contributed by atoms with van der Waals surface area (Å²) in [5, 5.41) is 0. The maximum atomic E-state index is 12.6. The summed E-state index contributed by atoms with van der Waals surface area (Å²) in [4.78, 5) is 10.7. The highest BCUT2D eigenvalue weighted by atomic mass is 19.4. The van der Waals surface area contributed by atoms with Crippen molar-refractivity contribution in [2.75, 3.05) is 0 Å². The largest absolute Gasteiger partial charge is 0.416 e. The van der Waals surface area contributed by atoms with Gasteiger partial charge in [0.1, 0.15) is 6.10 Å². The van der Waals surface area contributed by atoms with Crippen LogP contribution in [0.4, 0.5) is 13.2 Å². The van der Waals surface area contributed by atoms with E-state index in [1.807, 2.05) is 0 Å². The summed E-state index contributed by atoms with van der Waals surface area (Å²) >= 11 is 0. The Kier molecular flexibility index (Phi) is 2.38. The van der Waals surface area contributed by atoms with Crippen molar-refractivity contribution in [3.05, 3.63) is 35.4 Å². The van der Waals surface area contributed by atoms with Crippen LogP contribution >= 0.6 is 0 Å². The van der Waals surface area contributed by atoms with Crippen LogP contribution in [0, 0.1) is 0 Å². The normalized spacial score (nSPS) is 24.2. The minimum atomic E-state index is -4.45. The molecule has 6 heteroatoms. The van der Waals surface area contributed by atoms with Gasteiger partial charge >= 0.3 is 6.18 Å². The number of nitrogens with two attached hydrogens (primary N) is 1. The van der Waals surface area contributed by atoms with Crippen molar-refractivity contribution in [3.8, 4) is 0 Å². The number of epoxide rings is 1. The van der Waals surface area contributed by atoms with Crippen molar-refractivity contribution in [2.45, 2.75) is 18.4 Å². The highest BCUT2D eigenvalue weighted by molar-refractivity contribution is 5.82. The van der Waals surface area contributed by atoms with Gasteiger partial charge in [0.25, 0.3) is 0 Å². The number of primary amides is 1. The highest BCUT2D eigenvalue weighted by Crippen LogP contribution is 2.44. The van der Waals surface area contributed by atoms with Crippen LogP contribution in [0.5, 0.6) is 0 Å². The Balaban J connectivity index is 2.33. The fourth-order valence-electron chi connectivity index (χ4n) is 1.57. The molecule has 1 aromatic rings. The lowest BCUT2D eigenvalue weighted by Gasteiger charge is -2.10. The molecule has 1 amide bonds. The van der Waals surface area contributed by atoms with Gasteiger partial charge in [0, 0.05) is 0 Å². The molecule has 2 unspecified atom stereocenters. The van der Waals surface area contributed by atoms with Gasteiger partial charge in [0.2, 0.25) is 5.91 Å². The second-order valence-corrected chi connectivity index (χ2v) is 3.46. The Hall–Kier alpha value is -1.56. The van der Waals surface area contributed by atoms with Crippen molar-refractivity contribution in [1.82, 2.24) is 0 Å². The number of alkyl halides is 3. The van der Waals surface area contributed by atoms with Gasteiger partial charge in [0.15, 0.2) is 6.10 Å². The second-order valence-electron chi connectivity index (χ2n) is 3.46. The molecule has 86 valence electrons. The van der Waals surface area contributed by atoms with Gasteiger partial charge in [-0.2, -0.15) is 13.2 Å². The predicted molar refractivity (Wildman–Crippen MR) is 48.3 cm³/mol. The zero-order chi connectivity index (χ0) is 11.9. The monoisotopic (exact) mass is 231 g/mol. The van der Waals surface area contributed by atoms with E-state index in [4.69, 9.17) is 10.5 Å². The Morgan fingerprint density at radius 2 is 1.94 bits per heavy atom. The van der Waals surface area contributed by atoms with Crippen LogP contribution in [0.25, 0.3) is 0 Å². The zero-order valence-electron chi connectivity index (χ0n) is 7.99. The topological polar surface area (TPSA) is 55.6 Å². The van der Waals surface area contributed by atoms with E-state index < -0.39 is 29.9 Å². The number of rotatable bonds is 2. The number of halogens is 3. The molecule has 1 aromatic carbocycles. The third-order valence-electron chi connectivity index (χ3n) is 2.34. The Morgan fingerprint density at radius 3 is 2.44 bits per heavy atom. The van der Waals surface area contributed by atoms with E-state index in [-0.39, 0.29) is 5.56 Å². The first kappa shape index (κ1) is 10.9. The maximum Gasteiger partial charge on any atom is 0.416 e. The molecule has 2 N–H and O–H groups in total. The summed E-state index contributed by atoms with van der Waals surface area (Å²) in [6.45, 7) is 0.